The molecule has 2 rings (SSSR count). The first-order chi connectivity index (χ1) is 8.69. The van der Waals surface area contributed by atoms with Gasteiger partial charge in [-0.1, -0.05) is 24.3 Å². The molecular weight excluding hydrogens is 224 g/mol. The van der Waals surface area contributed by atoms with Crippen molar-refractivity contribution >= 4 is 0 Å². The van der Waals surface area contributed by atoms with E-state index in [9.17, 15) is 0 Å². The van der Waals surface area contributed by atoms with Crippen LogP contribution in [-0.2, 0) is 19.6 Å². The summed E-state index contributed by atoms with van der Waals surface area (Å²) in [5.41, 5.74) is 9.37. The molecule has 1 aromatic carbocycles. The molecule has 0 unspecified atom stereocenters. The van der Waals surface area contributed by atoms with Crippen LogP contribution in [0.15, 0.2) is 41.0 Å². The smallest absolute Gasteiger partial charge is 0.105 e. The quantitative estimate of drug-likeness (QED) is 0.879. The van der Waals surface area contributed by atoms with Crippen LogP contribution in [0.5, 0.6) is 0 Å². The number of nitrogens with two attached hydrogens (primary N) is 1. The molecule has 18 heavy (non-hydrogen) atoms. The molecule has 0 aliphatic heterocycles. The molecule has 0 atom stereocenters. The van der Waals surface area contributed by atoms with E-state index >= 15 is 0 Å². The van der Waals surface area contributed by atoms with Crippen molar-refractivity contribution < 1.29 is 4.42 Å². The number of aryl methyl sites for hydroxylation is 1. The molecule has 0 saturated carbocycles. The van der Waals surface area contributed by atoms with Crippen molar-refractivity contribution in [3.63, 3.8) is 0 Å². The molecule has 0 spiro atoms. The van der Waals surface area contributed by atoms with E-state index in [0.29, 0.717) is 6.54 Å². The second-order valence-corrected chi connectivity index (χ2v) is 4.70. The Balaban J connectivity index is 1.98. The van der Waals surface area contributed by atoms with Gasteiger partial charge in [0.15, 0.2) is 0 Å². The molecule has 96 valence electrons. The van der Waals surface area contributed by atoms with Gasteiger partial charge in [0.2, 0.25) is 0 Å². The van der Waals surface area contributed by atoms with E-state index in [1.165, 1.54) is 16.7 Å². The Morgan fingerprint density at radius 3 is 2.61 bits per heavy atom. The summed E-state index contributed by atoms with van der Waals surface area (Å²) in [5.74, 6) is 0.998. The van der Waals surface area contributed by atoms with Crippen molar-refractivity contribution in [2.45, 2.75) is 26.6 Å². The summed E-state index contributed by atoms with van der Waals surface area (Å²) >= 11 is 0. The predicted octanol–water partition coefficient (Wildman–Crippen LogP) is 2.68. The highest BCUT2D eigenvalue weighted by molar-refractivity contribution is 5.23. The first-order valence-corrected chi connectivity index (χ1v) is 6.18. The topological polar surface area (TPSA) is 42.4 Å². The Hall–Kier alpha value is -1.58. The number of nitrogens with zero attached hydrogens (tertiary/aromatic N) is 1. The zero-order valence-corrected chi connectivity index (χ0v) is 11.0. The van der Waals surface area contributed by atoms with Crippen molar-refractivity contribution in [2.75, 3.05) is 7.05 Å². The van der Waals surface area contributed by atoms with Crippen molar-refractivity contribution in [3.8, 4) is 0 Å². The summed E-state index contributed by atoms with van der Waals surface area (Å²) in [7, 11) is 2.11. The minimum Gasteiger partial charge on any atom is -0.469 e. The molecule has 0 aliphatic rings. The Kier molecular flexibility index (Phi) is 4.18. The average molecular weight is 244 g/mol. The van der Waals surface area contributed by atoms with Crippen LogP contribution in [0.25, 0.3) is 0 Å². The molecule has 1 heterocycles. The average Bonchev–Trinajstić information content (AvgIpc) is 2.75. The molecule has 2 N–H and O–H groups in total. The van der Waals surface area contributed by atoms with E-state index in [2.05, 4.69) is 36.2 Å². The van der Waals surface area contributed by atoms with Gasteiger partial charge in [-0.3, -0.25) is 4.90 Å². The maximum absolute atomic E-state index is 5.65. The summed E-state index contributed by atoms with van der Waals surface area (Å²) in [6.07, 6.45) is 1.74. The van der Waals surface area contributed by atoms with Gasteiger partial charge in [0, 0.05) is 25.2 Å². The Labute approximate surface area is 108 Å². The predicted molar refractivity (Wildman–Crippen MR) is 72.9 cm³/mol. The summed E-state index contributed by atoms with van der Waals surface area (Å²) in [6.45, 7) is 4.41. The Morgan fingerprint density at radius 2 is 1.94 bits per heavy atom. The lowest BCUT2D eigenvalue weighted by molar-refractivity contribution is 0.316. The molecule has 3 nitrogen and oxygen atoms in total. The van der Waals surface area contributed by atoms with Gasteiger partial charge in [0.1, 0.15) is 5.76 Å². The highest BCUT2D eigenvalue weighted by atomic mass is 16.3. The van der Waals surface area contributed by atoms with E-state index in [1.54, 1.807) is 6.26 Å². The van der Waals surface area contributed by atoms with Gasteiger partial charge in [0.05, 0.1) is 6.26 Å². The molecule has 0 bridgehead atoms. The molecule has 0 radical (unpaired) electrons. The second-order valence-electron chi connectivity index (χ2n) is 4.70. The molecule has 3 heteroatoms. The van der Waals surface area contributed by atoms with Crippen LogP contribution in [0.4, 0.5) is 0 Å². The highest BCUT2D eigenvalue weighted by Crippen LogP contribution is 2.13. The van der Waals surface area contributed by atoms with Crippen molar-refractivity contribution in [3.05, 3.63) is 59.0 Å². The highest BCUT2D eigenvalue weighted by Gasteiger charge is 2.06. The third kappa shape index (κ3) is 3.22. The lowest BCUT2D eigenvalue weighted by Crippen LogP contribution is -2.17. The SMILES string of the molecule is Cc1occc1CN(C)Cc1cccc(CN)c1. The molecule has 0 aliphatic carbocycles. The first kappa shape index (κ1) is 12.9. The van der Waals surface area contributed by atoms with Gasteiger partial charge in [-0.2, -0.15) is 0 Å². The van der Waals surface area contributed by atoms with E-state index in [0.717, 1.165) is 18.8 Å². The first-order valence-electron chi connectivity index (χ1n) is 6.18. The van der Waals surface area contributed by atoms with E-state index < -0.39 is 0 Å². The third-order valence-electron chi connectivity index (χ3n) is 3.09. The summed E-state index contributed by atoms with van der Waals surface area (Å²) < 4.78 is 5.31. The molecule has 0 amide bonds. The molecule has 0 saturated heterocycles. The summed E-state index contributed by atoms with van der Waals surface area (Å²) in [6, 6.07) is 10.5. The molecule has 0 fully saturated rings. The molecular formula is C15H20N2O. The van der Waals surface area contributed by atoms with E-state index in [-0.39, 0.29) is 0 Å². The van der Waals surface area contributed by atoms with Crippen LogP contribution in [0, 0.1) is 6.92 Å². The van der Waals surface area contributed by atoms with Crippen LogP contribution in [-0.4, -0.2) is 11.9 Å². The van der Waals surface area contributed by atoms with Crippen molar-refractivity contribution in [2.24, 2.45) is 5.73 Å². The fraction of sp³-hybridized carbons (Fsp3) is 0.333. The fourth-order valence-electron chi connectivity index (χ4n) is 2.09. The van der Waals surface area contributed by atoms with E-state index in [4.69, 9.17) is 10.2 Å². The Morgan fingerprint density at radius 1 is 1.17 bits per heavy atom. The van der Waals surface area contributed by atoms with Crippen molar-refractivity contribution in [1.29, 1.82) is 0 Å². The minimum atomic E-state index is 0.596. The lowest BCUT2D eigenvalue weighted by Gasteiger charge is -2.16. The van der Waals surface area contributed by atoms with Gasteiger partial charge in [-0.05, 0) is 31.2 Å². The van der Waals surface area contributed by atoms with Crippen LogP contribution >= 0.6 is 0 Å². The number of hydrogen-bond acceptors (Lipinski definition) is 3. The fourth-order valence-corrected chi connectivity index (χ4v) is 2.09. The van der Waals surface area contributed by atoms with Crippen LogP contribution in [0.2, 0.25) is 0 Å². The zero-order valence-electron chi connectivity index (χ0n) is 11.0. The van der Waals surface area contributed by atoms with Crippen LogP contribution in [0.3, 0.4) is 0 Å². The third-order valence-corrected chi connectivity index (χ3v) is 3.09. The number of benzene rings is 1. The number of furan rings is 1. The van der Waals surface area contributed by atoms with Crippen LogP contribution in [0.1, 0.15) is 22.5 Å². The minimum absolute atomic E-state index is 0.596. The van der Waals surface area contributed by atoms with E-state index in [1.807, 2.05) is 13.0 Å². The zero-order chi connectivity index (χ0) is 13.0. The van der Waals surface area contributed by atoms with Gasteiger partial charge in [0.25, 0.3) is 0 Å². The molecule has 2 aromatic rings. The van der Waals surface area contributed by atoms with Gasteiger partial charge >= 0.3 is 0 Å². The van der Waals surface area contributed by atoms with Gasteiger partial charge in [-0.15, -0.1) is 0 Å². The second kappa shape index (κ2) is 5.85. The summed E-state index contributed by atoms with van der Waals surface area (Å²) in [5, 5.41) is 0. The maximum atomic E-state index is 5.65. The number of rotatable bonds is 5. The van der Waals surface area contributed by atoms with Crippen LogP contribution < -0.4 is 5.73 Å². The normalized spacial score (nSPS) is 11.1. The van der Waals surface area contributed by atoms with Gasteiger partial charge in [-0.25, -0.2) is 0 Å². The molecule has 1 aromatic heterocycles. The number of hydrogen-bond donors (Lipinski definition) is 1. The maximum Gasteiger partial charge on any atom is 0.105 e. The summed E-state index contributed by atoms with van der Waals surface area (Å²) in [4.78, 5) is 2.27. The largest absolute Gasteiger partial charge is 0.469 e. The monoisotopic (exact) mass is 244 g/mol. The van der Waals surface area contributed by atoms with Gasteiger partial charge < -0.3 is 10.2 Å². The Bertz CT molecular complexity index is 505. The van der Waals surface area contributed by atoms with Crippen molar-refractivity contribution in [1.82, 2.24) is 4.90 Å². The lowest BCUT2D eigenvalue weighted by atomic mass is 10.1. The standard InChI is InChI=1S/C15H20N2O/c1-12-15(6-7-18-12)11-17(2)10-14-5-3-4-13(8-14)9-16/h3-8H,9-11,16H2,1-2H3.